The number of primary amides is 1. The number of likely N-dealkylation sites (tertiary alicyclic amines) is 1. The third kappa shape index (κ3) is 3.77. The topological polar surface area (TPSA) is 63.7 Å². The maximum atomic E-state index is 12.4. The second-order valence-corrected chi connectivity index (χ2v) is 9.37. The van der Waals surface area contributed by atoms with Gasteiger partial charge >= 0.3 is 0 Å². The van der Waals surface area contributed by atoms with Gasteiger partial charge in [-0.3, -0.25) is 4.79 Å². The standard InChI is InChI=1S/C20H25BrN4OS/c21-16-6-4-15(5-7-16)17-14-27-19(23-17)24-12-8-20(9-13-24,18(22)26)25-10-2-1-3-11-25/h4-7,14H,1-3,8-13H2,(H2,22,26)/p+1. The summed E-state index contributed by atoms with van der Waals surface area (Å²) in [7, 11) is 0. The molecule has 3 N–H and O–H groups in total. The summed E-state index contributed by atoms with van der Waals surface area (Å²) in [6.45, 7) is 3.85. The van der Waals surface area contributed by atoms with Gasteiger partial charge in [-0.2, -0.15) is 0 Å². The van der Waals surface area contributed by atoms with Gasteiger partial charge in [-0.15, -0.1) is 11.3 Å². The smallest absolute Gasteiger partial charge is 0.278 e. The van der Waals surface area contributed by atoms with Gasteiger partial charge in [0.05, 0.1) is 18.8 Å². The Morgan fingerprint density at radius 3 is 2.44 bits per heavy atom. The maximum Gasteiger partial charge on any atom is 0.278 e. The van der Waals surface area contributed by atoms with E-state index in [1.54, 1.807) is 11.3 Å². The zero-order valence-electron chi connectivity index (χ0n) is 15.4. The molecule has 0 saturated carbocycles. The second-order valence-electron chi connectivity index (χ2n) is 7.62. The van der Waals surface area contributed by atoms with Crippen LogP contribution < -0.4 is 15.5 Å². The number of carbonyl (C=O) groups is 1. The first-order valence-corrected chi connectivity index (χ1v) is 11.4. The van der Waals surface area contributed by atoms with Gasteiger partial charge in [0.25, 0.3) is 5.91 Å². The SMILES string of the molecule is NC(=O)C1([NH+]2CCCCC2)CCN(c2nc(-c3ccc(Br)cc3)cs2)CC1. The molecular formula is C20H26BrN4OS+. The van der Waals surface area contributed by atoms with E-state index in [0.29, 0.717) is 0 Å². The van der Waals surface area contributed by atoms with Crippen molar-refractivity contribution >= 4 is 38.3 Å². The van der Waals surface area contributed by atoms with Crippen LogP contribution in [0.2, 0.25) is 0 Å². The molecule has 27 heavy (non-hydrogen) atoms. The Bertz CT molecular complexity index is 793. The van der Waals surface area contributed by atoms with Crippen molar-refractivity contribution in [1.82, 2.24) is 4.98 Å². The normalized spacial score (nSPS) is 20.6. The molecule has 0 bridgehead atoms. The molecule has 2 aliphatic heterocycles. The zero-order valence-corrected chi connectivity index (χ0v) is 17.8. The van der Waals surface area contributed by atoms with Gasteiger partial charge in [0.2, 0.25) is 0 Å². The summed E-state index contributed by atoms with van der Waals surface area (Å²) in [6.07, 6.45) is 5.34. The molecule has 2 saturated heterocycles. The van der Waals surface area contributed by atoms with Gasteiger partial charge in [0.15, 0.2) is 10.7 Å². The Morgan fingerprint density at radius 1 is 1.15 bits per heavy atom. The predicted octanol–water partition coefficient (Wildman–Crippen LogP) is 2.47. The molecule has 0 spiro atoms. The van der Waals surface area contributed by atoms with Crippen molar-refractivity contribution in [3.63, 3.8) is 0 Å². The third-order valence-corrected chi connectivity index (χ3v) is 7.56. The number of carbonyl (C=O) groups excluding carboxylic acids is 1. The molecule has 2 fully saturated rings. The summed E-state index contributed by atoms with van der Waals surface area (Å²) in [5.74, 6) is -0.117. The maximum absolute atomic E-state index is 12.4. The van der Waals surface area contributed by atoms with Gasteiger partial charge in [0.1, 0.15) is 0 Å². The fourth-order valence-corrected chi connectivity index (χ4v) is 5.63. The van der Waals surface area contributed by atoms with Crippen molar-refractivity contribution in [3.8, 4) is 11.3 Å². The summed E-state index contributed by atoms with van der Waals surface area (Å²) in [5, 5.41) is 3.16. The molecule has 5 nitrogen and oxygen atoms in total. The second kappa shape index (κ2) is 7.89. The lowest BCUT2D eigenvalue weighted by Crippen LogP contribution is -3.22. The summed E-state index contributed by atoms with van der Waals surface area (Å²) >= 11 is 5.15. The Kier molecular flexibility index (Phi) is 5.53. The number of thiazole rings is 1. The van der Waals surface area contributed by atoms with Crippen LogP contribution in [0, 0.1) is 0 Å². The first-order chi connectivity index (χ1) is 13.1. The molecule has 1 aromatic heterocycles. The average molecular weight is 450 g/mol. The van der Waals surface area contributed by atoms with Crippen LogP contribution in [0.4, 0.5) is 5.13 Å². The first-order valence-electron chi connectivity index (χ1n) is 9.70. The number of nitrogens with zero attached hydrogens (tertiary/aromatic N) is 2. The van der Waals surface area contributed by atoms with Crippen LogP contribution in [0.3, 0.4) is 0 Å². The van der Waals surface area contributed by atoms with Crippen molar-refractivity contribution in [1.29, 1.82) is 0 Å². The molecule has 144 valence electrons. The van der Waals surface area contributed by atoms with E-state index in [9.17, 15) is 4.79 Å². The summed E-state index contributed by atoms with van der Waals surface area (Å²) in [5.41, 5.74) is 7.67. The molecule has 0 radical (unpaired) electrons. The minimum atomic E-state index is -0.386. The predicted molar refractivity (Wildman–Crippen MR) is 113 cm³/mol. The molecule has 1 aromatic carbocycles. The zero-order chi connectivity index (χ0) is 18.9. The van der Waals surface area contributed by atoms with Crippen molar-refractivity contribution < 1.29 is 9.69 Å². The molecule has 2 aromatic rings. The number of aromatic nitrogens is 1. The third-order valence-electron chi connectivity index (χ3n) is 6.13. The molecule has 0 atom stereocenters. The van der Waals surface area contributed by atoms with Crippen molar-refractivity contribution in [2.45, 2.75) is 37.6 Å². The Labute approximate surface area is 172 Å². The van der Waals surface area contributed by atoms with Crippen molar-refractivity contribution in [2.75, 3.05) is 31.1 Å². The number of rotatable bonds is 4. The lowest BCUT2D eigenvalue weighted by molar-refractivity contribution is -0.947. The summed E-state index contributed by atoms with van der Waals surface area (Å²) in [4.78, 5) is 21.0. The van der Waals surface area contributed by atoms with Crippen LogP contribution in [0.1, 0.15) is 32.1 Å². The van der Waals surface area contributed by atoms with E-state index >= 15 is 0 Å². The van der Waals surface area contributed by atoms with Gasteiger partial charge in [0, 0.05) is 41.3 Å². The monoisotopic (exact) mass is 449 g/mol. The number of nitrogens with two attached hydrogens (primary N) is 1. The highest BCUT2D eigenvalue weighted by Gasteiger charge is 2.49. The lowest BCUT2D eigenvalue weighted by atomic mass is 9.83. The number of benzene rings is 1. The van der Waals surface area contributed by atoms with Gasteiger partial charge in [-0.1, -0.05) is 28.1 Å². The largest absolute Gasteiger partial charge is 0.364 e. The number of amides is 1. The van der Waals surface area contributed by atoms with E-state index in [1.807, 2.05) is 12.1 Å². The number of halogens is 1. The Hall–Kier alpha value is -1.44. The van der Waals surface area contributed by atoms with Crippen molar-refractivity contribution in [3.05, 3.63) is 34.1 Å². The summed E-state index contributed by atoms with van der Waals surface area (Å²) in [6, 6.07) is 8.24. The van der Waals surface area contributed by atoms with Crippen LogP contribution in [-0.4, -0.2) is 42.6 Å². The highest BCUT2D eigenvalue weighted by atomic mass is 79.9. The van der Waals surface area contributed by atoms with Gasteiger partial charge < -0.3 is 15.5 Å². The van der Waals surface area contributed by atoms with E-state index in [0.717, 1.165) is 59.9 Å². The van der Waals surface area contributed by atoms with Crippen LogP contribution in [-0.2, 0) is 4.79 Å². The van der Waals surface area contributed by atoms with Crippen LogP contribution >= 0.6 is 27.3 Å². The fourth-order valence-electron chi connectivity index (χ4n) is 4.47. The molecule has 0 unspecified atom stereocenters. The Morgan fingerprint density at radius 2 is 1.81 bits per heavy atom. The molecular weight excluding hydrogens is 424 g/mol. The van der Waals surface area contributed by atoms with E-state index in [2.05, 4.69) is 38.3 Å². The highest BCUT2D eigenvalue weighted by Crippen LogP contribution is 2.31. The molecule has 4 rings (SSSR count). The number of anilines is 1. The highest BCUT2D eigenvalue weighted by molar-refractivity contribution is 9.10. The van der Waals surface area contributed by atoms with E-state index in [4.69, 9.17) is 10.7 Å². The minimum Gasteiger partial charge on any atom is -0.364 e. The van der Waals surface area contributed by atoms with E-state index < -0.39 is 0 Å². The van der Waals surface area contributed by atoms with Crippen LogP contribution in [0.25, 0.3) is 11.3 Å². The molecule has 1 amide bonds. The molecule has 0 aliphatic carbocycles. The van der Waals surface area contributed by atoms with E-state index in [-0.39, 0.29) is 11.4 Å². The number of quaternary nitrogens is 1. The van der Waals surface area contributed by atoms with Crippen LogP contribution in [0.5, 0.6) is 0 Å². The van der Waals surface area contributed by atoms with Crippen molar-refractivity contribution in [2.24, 2.45) is 5.73 Å². The summed E-state index contributed by atoms with van der Waals surface area (Å²) < 4.78 is 1.07. The number of hydrogen-bond donors (Lipinski definition) is 2. The minimum absolute atomic E-state index is 0.117. The number of hydrogen-bond acceptors (Lipinski definition) is 4. The molecule has 2 aliphatic rings. The van der Waals surface area contributed by atoms with E-state index in [1.165, 1.54) is 24.2 Å². The molecule has 7 heteroatoms. The number of nitrogens with one attached hydrogen (secondary N) is 1. The van der Waals surface area contributed by atoms with Gasteiger partial charge in [-0.05, 0) is 31.4 Å². The fraction of sp³-hybridized carbons (Fsp3) is 0.500. The quantitative estimate of drug-likeness (QED) is 0.753. The lowest BCUT2D eigenvalue weighted by Gasteiger charge is -2.45. The van der Waals surface area contributed by atoms with Gasteiger partial charge in [-0.25, -0.2) is 4.98 Å². The first kappa shape index (κ1) is 18.9. The molecule has 3 heterocycles. The average Bonchev–Trinajstić information content (AvgIpc) is 3.19. The number of piperidine rings is 2. The van der Waals surface area contributed by atoms with Crippen LogP contribution in [0.15, 0.2) is 34.1 Å². The Balaban J connectivity index is 1.47.